The summed E-state index contributed by atoms with van der Waals surface area (Å²) >= 11 is 0. The van der Waals surface area contributed by atoms with Crippen molar-refractivity contribution in [3.8, 4) is 0 Å². The molecule has 0 saturated carbocycles. The molecule has 0 bridgehead atoms. The first-order chi connectivity index (χ1) is 14.8. The topological polar surface area (TPSA) is 81.7 Å². The van der Waals surface area contributed by atoms with Gasteiger partial charge in [0.2, 0.25) is 5.91 Å². The molecule has 0 heterocycles. The SMILES string of the molecule is CCCCCCCCCCCCCC(=O)N[C@@H](CCC(=O)OC(C)C)C(=O)OC(C)C. The average Bonchev–Trinajstić information content (AvgIpc) is 2.68. The van der Waals surface area contributed by atoms with Gasteiger partial charge in [0.15, 0.2) is 0 Å². The van der Waals surface area contributed by atoms with Gasteiger partial charge in [-0.2, -0.15) is 0 Å². The Morgan fingerprint density at radius 2 is 1.16 bits per heavy atom. The molecule has 0 aliphatic heterocycles. The van der Waals surface area contributed by atoms with E-state index >= 15 is 0 Å². The first-order valence-corrected chi connectivity index (χ1v) is 12.5. The van der Waals surface area contributed by atoms with E-state index in [9.17, 15) is 14.4 Å². The smallest absolute Gasteiger partial charge is 0.328 e. The van der Waals surface area contributed by atoms with Gasteiger partial charge >= 0.3 is 11.9 Å². The highest BCUT2D eigenvalue weighted by atomic mass is 16.5. The van der Waals surface area contributed by atoms with E-state index in [4.69, 9.17) is 9.47 Å². The van der Waals surface area contributed by atoms with Crippen molar-refractivity contribution in [3.05, 3.63) is 0 Å². The first kappa shape index (κ1) is 29.4. The van der Waals surface area contributed by atoms with E-state index in [1.807, 2.05) is 0 Å². The van der Waals surface area contributed by atoms with E-state index in [2.05, 4.69) is 12.2 Å². The number of rotatable bonds is 19. The van der Waals surface area contributed by atoms with Gasteiger partial charge in [-0.25, -0.2) is 4.79 Å². The third-order valence-electron chi connectivity index (χ3n) is 4.98. The number of esters is 2. The van der Waals surface area contributed by atoms with Gasteiger partial charge in [0.05, 0.1) is 12.2 Å². The molecule has 0 spiro atoms. The van der Waals surface area contributed by atoms with Gasteiger partial charge in [0, 0.05) is 12.8 Å². The average molecular weight is 442 g/mol. The number of amides is 1. The second-order valence-corrected chi connectivity index (χ2v) is 8.97. The predicted molar refractivity (Wildman–Crippen MR) is 125 cm³/mol. The summed E-state index contributed by atoms with van der Waals surface area (Å²) in [6.45, 7) is 9.31. The molecule has 0 unspecified atom stereocenters. The number of hydrogen-bond acceptors (Lipinski definition) is 5. The largest absolute Gasteiger partial charge is 0.463 e. The monoisotopic (exact) mass is 441 g/mol. The van der Waals surface area contributed by atoms with Crippen LogP contribution in [-0.4, -0.2) is 36.1 Å². The van der Waals surface area contributed by atoms with E-state index in [1.54, 1.807) is 27.7 Å². The van der Waals surface area contributed by atoms with Crippen molar-refractivity contribution >= 4 is 17.8 Å². The van der Waals surface area contributed by atoms with Crippen molar-refractivity contribution in [2.75, 3.05) is 0 Å². The quantitative estimate of drug-likeness (QED) is 0.201. The van der Waals surface area contributed by atoms with E-state index in [1.165, 1.54) is 51.4 Å². The summed E-state index contributed by atoms with van der Waals surface area (Å²) < 4.78 is 10.3. The summed E-state index contributed by atoms with van der Waals surface area (Å²) in [6, 6.07) is -0.817. The molecule has 0 aromatic heterocycles. The minimum absolute atomic E-state index is 0.0643. The van der Waals surface area contributed by atoms with Crippen molar-refractivity contribution in [1.29, 1.82) is 0 Å². The standard InChI is InChI=1S/C25H47NO5/c1-6-7-8-9-10-11-12-13-14-15-16-17-23(27)26-22(25(29)31-21(4)5)18-19-24(28)30-20(2)3/h20-22H,6-19H2,1-5H3,(H,26,27)/t22-/m0/s1. The number of nitrogens with one attached hydrogen (secondary N) is 1. The zero-order chi connectivity index (χ0) is 23.5. The highest BCUT2D eigenvalue weighted by molar-refractivity contribution is 5.85. The molecular formula is C25H47NO5. The Bertz CT molecular complexity index is 490. The molecule has 1 amide bonds. The lowest BCUT2D eigenvalue weighted by Crippen LogP contribution is -2.43. The molecule has 1 N–H and O–H groups in total. The maximum atomic E-state index is 12.3. The Labute approximate surface area is 190 Å². The van der Waals surface area contributed by atoms with Gasteiger partial charge in [0.1, 0.15) is 6.04 Å². The van der Waals surface area contributed by atoms with E-state index in [-0.39, 0.29) is 36.9 Å². The van der Waals surface area contributed by atoms with E-state index < -0.39 is 12.0 Å². The Hall–Kier alpha value is -1.59. The number of ether oxygens (including phenoxy) is 2. The zero-order valence-corrected chi connectivity index (χ0v) is 20.7. The summed E-state index contributed by atoms with van der Waals surface area (Å²) in [5.74, 6) is -1.05. The van der Waals surface area contributed by atoms with Crippen LogP contribution < -0.4 is 5.32 Å². The predicted octanol–water partition coefficient (Wildman–Crippen LogP) is 5.86. The fraction of sp³-hybridized carbons (Fsp3) is 0.880. The van der Waals surface area contributed by atoms with E-state index in [0.717, 1.165) is 19.3 Å². The molecule has 182 valence electrons. The van der Waals surface area contributed by atoms with Crippen LogP contribution in [0.5, 0.6) is 0 Å². The molecule has 0 aliphatic rings. The number of carbonyl (C=O) groups is 3. The van der Waals surface area contributed by atoms with Crippen LogP contribution in [0.2, 0.25) is 0 Å². The molecule has 0 saturated heterocycles. The second-order valence-electron chi connectivity index (χ2n) is 8.97. The van der Waals surface area contributed by atoms with Crippen molar-refractivity contribution in [1.82, 2.24) is 5.32 Å². The van der Waals surface area contributed by atoms with Crippen molar-refractivity contribution < 1.29 is 23.9 Å². The van der Waals surface area contributed by atoms with Crippen LogP contribution in [0, 0.1) is 0 Å². The lowest BCUT2D eigenvalue weighted by atomic mass is 10.0. The molecule has 6 heteroatoms. The van der Waals surface area contributed by atoms with Gasteiger partial charge in [0.25, 0.3) is 0 Å². The minimum atomic E-state index is -0.817. The van der Waals surface area contributed by atoms with Crippen LogP contribution in [0.3, 0.4) is 0 Å². The highest BCUT2D eigenvalue weighted by Crippen LogP contribution is 2.12. The lowest BCUT2D eigenvalue weighted by Gasteiger charge is -2.19. The fourth-order valence-corrected chi connectivity index (χ4v) is 3.36. The maximum absolute atomic E-state index is 12.3. The molecule has 0 radical (unpaired) electrons. The third-order valence-corrected chi connectivity index (χ3v) is 4.98. The molecule has 0 aliphatic carbocycles. The van der Waals surface area contributed by atoms with Crippen LogP contribution in [-0.2, 0) is 23.9 Å². The number of unbranched alkanes of at least 4 members (excludes halogenated alkanes) is 10. The van der Waals surface area contributed by atoms with Gasteiger partial charge in [-0.1, -0.05) is 71.1 Å². The summed E-state index contributed by atoms with van der Waals surface area (Å²) in [5, 5.41) is 2.75. The van der Waals surface area contributed by atoms with E-state index in [0.29, 0.717) is 6.42 Å². The van der Waals surface area contributed by atoms with Crippen molar-refractivity contribution in [2.45, 2.75) is 143 Å². The fourth-order valence-electron chi connectivity index (χ4n) is 3.36. The first-order valence-electron chi connectivity index (χ1n) is 12.5. The van der Waals surface area contributed by atoms with Crippen LogP contribution in [0.15, 0.2) is 0 Å². The van der Waals surface area contributed by atoms with Crippen molar-refractivity contribution in [2.24, 2.45) is 0 Å². The molecular weight excluding hydrogens is 394 g/mol. The zero-order valence-electron chi connectivity index (χ0n) is 20.7. The molecule has 1 atom stereocenters. The molecule has 6 nitrogen and oxygen atoms in total. The summed E-state index contributed by atoms with van der Waals surface area (Å²) in [5.41, 5.74) is 0. The molecule has 31 heavy (non-hydrogen) atoms. The van der Waals surface area contributed by atoms with Gasteiger partial charge in [-0.05, 0) is 40.5 Å². The van der Waals surface area contributed by atoms with Crippen LogP contribution in [0.4, 0.5) is 0 Å². The second kappa shape index (κ2) is 19.1. The van der Waals surface area contributed by atoms with Gasteiger partial charge in [-0.15, -0.1) is 0 Å². The van der Waals surface area contributed by atoms with Crippen LogP contribution in [0.1, 0.15) is 125 Å². The van der Waals surface area contributed by atoms with Crippen molar-refractivity contribution in [3.63, 3.8) is 0 Å². The lowest BCUT2D eigenvalue weighted by molar-refractivity contribution is -0.153. The normalized spacial score (nSPS) is 12.1. The molecule has 0 fully saturated rings. The molecule has 0 rings (SSSR count). The van der Waals surface area contributed by atoms with Crippen LogP contribution in [0.25, 0.3) is 0 Å². The Morgan fingerprint density at radius 3 is 1.65 bits per heavy atom. The summed E-state index contributed by atoms with van der Waals surface area (Å²) in [4.78, 5) is 36.4. The summed E-state index contributed by atoms with van der Waals surface area (Å²) in [6.07, 6.45) is 13.6. The molecule has 0 aromatic rings. The Morgan fingerprint density at radius 1 is 0.677 bits per heavy atom. The maximum Gasteiger partial charge on any atom is 0.328 e. The minimum Gasteiger partial charge on any atom is -0.463 e. The van der Waals surface area contributed by atoms with Gasteiger partial charge < -0.3 is 14.8 Å². The third kappa shape index (κ3) is 18.9. The Kier molecular flexibility index (Phi) is 18.1. The Balaban J connectivity index is 4.10. The van der Waals surface area contributed by atoms with Crippen LogP contribution >= 0.6 is 0 Å². The summed E-state index contributed by atoms with van der Waals surface area (Å²) in [7, 11) is 0. The number of carbonyl (C=O) groups excluding carboxylic acids is 3. The number of hydrogen-bond donors (Lipinski definition) is 1. The van der Waals surface area contributed by atoms with Gasteiger partial charge in [-0.3, -0.25) is 9.59 Å². The highest BCUT2D eigenvalue weighted by Gasteiger charge is 2.24. The molecule has 0 aromatic carbocycles.